The summed E-state index contributed by atoms with van der Waals surface area (Å²) in [6, 6.07) is 9.51. The second kappa shape index (κ2) is 17.1. The van der Waals surface area contributed by atoms with E-state index < -0.39 is 23.6 Å². The van der Waals surface area contributed by atoms with E-state index in [4.69, 9.17) is 32.0 Å². The molecule has 2 aromatic carbocycles. The Balaban J connectivity index is 1.31. The molecule has 0 bridgehead atoms. The third kappa shape index (κ3) is 8.20. The van der Waals surface area contributed by atoms with Gasteiger partial charge in [-0.25, -0.2) is 14.6 Å². The van der Waals surface area contributed by atoms with E-state index >= 15 is 0 Å². The highest BCUT2D eigenvalue weighted by molar-refractivity contribution is 6.14. The van der Waals surface area contributed by atoms with E-state index in [1.165, 1.54) is 27.6 Å². The number of furan rings is 1. The van der Waals surface area contributed by atoms with Crippen LogP contribution in [0.15, 0.2) is 65.6 Å². The molecule has 0 unspecified atom stereocenters. The number of imidazole rings is 2. The van der Waals surface area contributed by atoms with Crippen LogP contribution in [0.1, 0.15) is 65.3 Å². The summed E-state index contributed by atoms with van der Waals surface area (Å²) in [5.74, 6) is 1.08. The number of aliphatic hydroxyl groups excluding tert-OH is 1. The first-order valence-corrected chi connectivity index (χ1v) is 19.0. The Morgan fingerprint density at radius 2 is 1.46 bits per heavy atom. The first-order valence-electron chi connectivity index (χ1n) is 19.0. The molecule has 0 saturated heterocycles. The minimum atomic E-state index is -0.719. The second-order valence-electron chi connectivity index (χ2n) is 14.0. The maximum Gasteiger partial charge on any atom is 0.276 e. The largest absolute Gasteiger partial charge is 0.491 e. The molecule has 0 aliphatic heterocycles. The average Bonchev–Trinajstić information content (AvgIpc) is 4.03. The number of aromatic nitrogens is 8. The monoisotopic (exact) mass is 826 g/mol. The van der Waals surface area contributed by atoms with Crippen LogP contribution in [0.3, 0.4) is 0 Å². The second-order valence-corrected chi connectivity index (χ2v) is 14.0. The lowest BCUT2D eigenvalue weighted by Gasteiger charge is -2.13. The summed E-state index contributed by atoms with van der Waals surface area (Å²) in [6.45, 7) is 9.58. The smallest absolute Gasteiger partial charge is 0.276 e. The van der Waals surface area contributed by atoms with Gasteiger partial charge >= 0.3 is 0 Å². The van der Waals surface area contributed by atoms with Crippen LogP contribution >= 0.6 is 0 Å². The van der Waals surface area contributed by atoms with Crippen molar-refractivity contribution in [2.24, 2.45) is 11.5 Å². The van der Waals surface area contributed by atoms with E-state index in [1.807, 2.05) is 6.08 Å². The van der Waals surface area contributed by atoms with Gasteiger partial charge in [-0.3, -0.25) is 34.5 Å². The Labute approximate surface area is 347 Å². The number of anilines is 2. The number of rotatable bonds is 17. The molecule has 7 rings (SSSR count). The van der Waals surface area contributed by atoms with E-state index in [9.17, 15) is 24.3 Å². The molecule has 5 heterocycles. The number of carbonyl (C=O) groups is 4. The van der Waals surface area contributed by atoms with Crippen molar-refractivity contribution in [3.63, 3.8) is 0 Å². The van der Waals surface area contributed by atoms with Gasteiger partial charge in [0.05, 0.1) is 46.7 Å². The number of nitrogens with two attached hydrogens (primary N) is 2. The third-order valence-corrected chi connectivity index (χ3v) is 9.55. The predicted octanol–water partition coefficient (Wildman–Crippen LogP) is 3.99. The van der Waals surface area contributed by atoms with Gasteiger partial charge in [0.25, 0.3) is 17.7 Å². The molecule has 5 aromatic heterocycles. The molecule has 7 N–H and O–H groups in total. The van der Waals surface area contributed by atoms with Gasteiger partial charge in [-0.15, -0.1) is 13.0 Å². The molecule has 0 aliphatic rings. The van der Waals surface area contributed by atoms with Crippen LogP contribution in [0.5, 0.6) is 5.75 Å². The molecule has 0 atom stereocenters. The van der Waals surface area contributed by atoms with E-state index in [-0.39, 0.29) is 78.6 Å². The summed E-state index contributed by atoms with van der Waals surface area (Å²) < 4.78 is 18.3. The van der Waals surface area contributed by atoms with Crippen LogP contribution in [0, 0.1) is 33.1 Å². The van der Waals surface area contributed by atoms with Crippen LogP contribution in [0.25, 0.3) is 33.0 Å². The SMILES string of the molecule is C#CCn1nc(C)cc1C(=O)Nc1nc2cc(C(N)=O)cc(OCCCO)c2n1C/C=C/Cn1c(NC(=O)c2cc(C)nn2CC=C)nc2cc(C(N)=O)c3oc(C)cc3c21. The number of hydrogen-bond donors (Lipinski definition) is 5. The number of amides is 4. The van der Waals surface area contributed by atoms with Gasteiger partial charge in [0, 0.05) is 37.1 Å². The number of nitrogens with one attached hydrogen (secondary N) is 2. The van der Waals surface area contributed by atoms with Crippen LogP contribution in [0.4, 0.5) is 11.9 Å². The van der Waals surface area contributed by atoms with Gasteiger partial charge in [-0.1, -0.05) is 24.1 Å². The maximum atomic E-state index is 13.8. The van der Waals surface area contributed by atoms with Crippen molar-refractivity contribution in [3.05, 3.63) is 101 Å². The van der Waals surface area contributed by atoms with Gasteiger partial charge in [0.2, 0.25) is 17.8 Å². The predicted molar refractivity (Wildman–Crippen MR) is 226 cm³/mol. The van der Waals surface area contributed by atoms with Crippen molar-refractivity contribution < 1.29 is 33.4 Å². The van der Waals surface area contributed by atoms with Crippen molar-refractivity contribution >= 4 is 68.6 Å². The number of fused-ring (bicyclic) bond motifs is 4. The minimum Gasteiger partial charge on any atom is -0.491 e. The molecule has 61 heavy (non-hydrogen) atoms. The highest BCUT2D eigenvalue weighted by atomic mass is 16.5. The maximum absolute atomic E-state index is 13.8. The quantitative estimate of drug-likeness (QED) is 0.0498. The number of primary amides is 2. The molecule has 0 aliphatic carbocycles. The molecule has 7 aromatic rings. The highest BCUT2D eigenvalue weighted by Crippen LogP contribution is 2.34. The fraction of sp³-hybridized carbons (Fsp3) is 0.238. The number of nitrogens with zero attached hydrogens (tertiary/aromatic N) is 8. The van der Waals surface area contributed by atoms with E-state index in [0.29, 0.717) is 57.6 Å². The lowest BCUT2D eigenvalue weighted by atomic mass is 10.1. The first-order chi connectivity index (χ1) is 29.3. The van der Waals surface area contributed by atoms with Gasteiger partial charge in [-0.05, 0) is 57.2 Å². The molecule has 0 fully saturated rings. The van der Waals surface area contributed by atoms with Crippen molar-refractivity contribution in [2.75, 3.05) is 23.8 Å². The molecule has 0 saturated carbocycles. The zero-order valence-corrected chi connectivity index (χ0v) is 33.6. The summed E-state index contributed by atoms with van der Waals surface area (Å²) in [5, 5.41) is 24.5. The van der Waals surface area contributed by atoms with Crippen molar-refractivity contribution in [1.82, 2.24) is 38.7 Å². The van der Waals surface area contributed by atoms with Crippen LogP contribution in [0.2, 0.25) is 0 Å². The van der Waals surface area contributed by atoms with Gasteiger partial charge in [0.15, 0.2) is 0 Å². The fourth-order valence-corrected chi connectivity index (χ4v) is 7.02. The van der Waals surface area contributed by atoms with Gasteiger partial charge in [-0.2, -0.15) is 10.2 Å². The molecule has 19 nitrogen and oxygen atoms in total. The van der Waals surface area contributed by atoms with Crippen LogP contribution < -0.4 is 26.8 Å². The van der Waals surface area contributed by atoms with E-state index in [1.54, 1.807) is 60.3 Å². The van der Waals surface area contributed by atoms with Crippen LogP contribution in [-0.2, 0) is 26.2 Å². The summed E-state index contributed by atoms with van der Waals surface area (Å²) >= 11 is 0. The average molecular weight is 827 g/mol. The van der Waals surface area contributed by atoms with Crippen molar-refractivity contribution in [3.8, 4) is 18.1 Å². The van der Waals surface area contributed by atoms with Gasteiger partial charge < -0.3 is 34.9 Å². The third-order valence-electron chi connectivity index (χ3n) is 9.55. The fourth-order valence-electron chi connectivity index (χ4n) is 7.02. The van der Waals surface area contributed by atoms with Crippen LogP contribution in [-0.4, -0.2) is 80.6 Å². The molecule has 4 amide bonds. The number of ether oxygens (including phenoxy) is 1. The number of aryl methyl sites for hydroxylation is 3. The number of benzene rings is 2. The number of carbonyl (C=O) groups excluding carboxylic acids is 4. The Bertz CT molecular complexity index is 2970. The summed E-state index contributed by atoms with van der Waals surface area (Å²) in [6.07, 6.45) is 11.1. The number of allylic oxidation sites excluding steroid dienone is 3. The molecule has 0 spiro atoms. The Kier molecular flexibility index (Phi) is 11.5. The summed E-state index contributed by atoms with van der Waals surface area (Å²) in [7, 11) is 0. The molecule has 0 radical (unpaired) electrons. The normalized spacial score (nSPS) is 11.5. The molecular formula is C42H42N12O7. The Morgan fingerprint density at radius 1 is 0.852 bits per heavy atom. The molecular weight excluding hydrogens is 785 g/mol. The summed E-state index contributed by atoms with van der Waals surface area (Å²) in [5.41, 5.74) is 15.3. The van der Waals surface area contributed by atoms with E-state index in [2.05, 4.69) is 38.3 Å². The topological polar surface area (TPSA) is 258 Å². The lowest BCUT2D eigenvalue weighted by molar-refractivity contribution is 0.0992. The lowest BCUT2D eigenvalue weighted by Crippen LogP contribution is -2.20. The molecule has 312 valence electrons. The number of aliphatic hydroxyl groups is 1. The highest BCUT2D eigenvalue weighted by Gasteiger charge is 2.25. The first kappa shape index (κ1) is 41.2. The summed E-state index contributed by atoms with van der Waals surface area (Å²) in [4.78, 5) is 61.9. The number of terminal acetylenes is 1. The Morgan fingerprint density at radius 3 is 2.05 bits per heavy atom. The zero-order valence-electron chi connectivity index (χ0n) is 33.6. The number of hydrogen-bond acceptors (Lipinski definition) is 11. The van der Waals surface area contributed by atoms with Crippen molar-refractivity contribution in [2.45, 2.75) is 53.4 Å². The Hall–Kier alpha value is -7.98. The standard InChI is InChI=1S/C42H42N12O7/c1-6-11-53-31(17-23(3)49-53)39(58)47-41-46-30-22-28(38(44)57)36-27(19-25(5)61-36)34(30)51(41)13-8-9-14-52-35-29(20-26(37(43)56)21-33(35)60-16-10-15-55)45-42(52)48-40(59)32-18-24(4)50-54(32)12-7-2/h2,6,8-9,17-22,55H,1,10-16H2,3-5H3,(H2,43,56)(H2,44,57)(H,45,48,59)(H,46,47,58)/b9-8+. The van der Waals surface area contributed by atoms with Gasteiger partial charge in [0.1, 0.15) is 40.5 Å². The minimum absolute atomic E-state index is 0.0541. The van der Waals surface area contributed by atoms with Crippen molar-refractivity contribution in [1.29, 1.82) is 0 Å². The zero-order chi connectivity index (χ0) is 43.5. The van der Waals surface area contributed by atoms with E-state index in [0.717, 1.165) is 0 Å². The molecule has 19 heteroatoms.